The molecule has 2 aromatic heterocycles. The van der Waals surface area contributed by atoms with Crippen molar-refractivity contribution in [1.29, 1.82) is 0 Å². The van der Waals surface area contributed by atoms with Crippen molar-refractivity contribution in [3.63, 3.8) is 0 Å². The van der Waals surface area contributed by atoms with Gasteiger partial charge in [-0.25, -0.2) is 9.97 Å². The number of hydrogen-bond donors (Lipinski definition) is 1. The van der Waals surface area contributed by atoms with Crippen molar-refractivity contribution in [3.8, 4) is 0 Å². The molecule has 118 valence electrons. The second-order valence-corrected chi connectivity index (χ2v) is 5.44. The summed E-state index contributed by atoms with van der Waals surface area (Å²) in [5.41, 5.74) is -0.176. The number of halogens is 3. The van der Waals surface area contributed by atoms with Crippen LogP contribution in [0, 0.1) is 6.92 Å². The Balaban J connectivity index is 2.13. The highest BCUT2D eigenvalue weighted by Gasteiger charge is 2.34. The standard InChI is InChI=1S/C13H13F3N4OS/c1-3-8(12-20-10(6-22-12)13(14,15)16)19-11(21)9-5-17-7(2)4-18-9/h4-6,8H,3H2,1-2H3,(H,19,21). The van der Waals surface area contributed by atoms with Gasteiger partial charge in [-0.3, -0.25) is 9.78 Å². The molecule has 2 rings (SSSR count). The van der Waals surface area contributed by atoms with Crippen LogP contribution < -0.4 is 5.32 Å². The van der Waals surface area contributed by atoms with Crippen molar-refractivity contribution in [3.05, 3.63) is 39.9 Å². The molecule has 9 heteroatoms. The third-order valence-corrected chi connectivity index (χ3v) is 3.80. The van der Waals surface area contributed by atoms with Crippen molar-refractivity contribution >= 4 is 17.2 Å². The first kappa shape index (κ1) is 16.3. The second kappa shape index (κ2) is 6.39. The lowest BCUT2D eigenvalue weighted by Gasteiger charge is -2.14. The molecule has 5 nitrogen and oxygen atoms in total. The van der Waals surface area contributed by atoms with Gasteiger partial charge in [-0.1, -0.05) is 6.92 Å². The van der Waals surface area contributed by atoms with Crippen LogP contribution in [0.1, 0.15) is 46.3 Å². The van der Waals surface area contributed by atoms with Gasteiger partial charge >= 0.3 is 6.18 Å². The molecule has 1 N–H and O–H groups in total. The summed E-state index contributed by atoms with van der Waals surface area (Å²) in [5, 5.41) is 3.77. The second-order valence-electron chi connectivity index (χ2n) is 4.55. The molecule has 0 spiro atoms. The van der Waals surface area contributed by atoms with Crippen LogP contribution in [0.4, 0.5) is 13.2 Å². The Labute approximate surface area is 128 Å². The van der Waals surface area contributed by atoms with Gasteiger partial charge in [0.1, 0.15) is 10.7 Å². The summed E-state index contributed by atoms with van der Waals surface area (Å²) >= 11 is 0.867. The molecule has 0 bridgehead atoms. The zero-order valence-electron chi connectivity index (χ0n) is 11.8. The van der Waals surface area contributed by atoms with E-state index < -0.39 is 23.8 Å². The Hall–Kier alpha value is -2.03. The molecule has 0 aliphatic carbocycles. The predicted molar refractivity (Wildman–Crippen MR) is 74.4 cm³/mol. The quantitative estimate of drug-likeness (QED) is 0.935. The lowest BCUT2D eigenvalue weighted by atomic mass is 10.2. The smallest absolute Gasteiger partial charge is 0.341 e. The average Bonchev–Trinajstić information content (AvgIpc) is 2.95. The van der Waals surface area contributed by atoms with Crippen LogP contribution in [-0.2, 0) is 6.18 Å². The number of nitrogens with one attached hydrogen (secondary N) is 1. The maximum Gasteiger partial charge on any atom is 0.434 e. The topological polar surface area (TPSA) is 67.8 Å². The van der Waals surface area contributed by atoms with Gasteiger partial charge in [0.2, 0.25) is 0 Å². The summed E-state index contributed by atoms with van der Waals surface area (Å²) in [4.78, 5) is 23.5. The monoisotopic (exact) mass is 330 g/mol. The third kappa shape index (κ3) is 3.79. The van der Waals surface area contributed by atoms with Gasteiger partial charge in [0, 0.05) is 11.6 Å². The highest BCUT2D eigenvalue weighted by Crippen LogP contribution is 2.32. The van der Waals surface area contributed by atoms with Gasteiger partial charge in [-0.2, -0.15) is 13.2 Å². The molecule has 2 aromatic rings. The number of aromatic nitrogens is 3. The average molecular weight is 330 g/mol. The van der Waals surface area contributed by atoms with Crippen molar-refractivity contribution in [1.82, 2.24) is 20.3 Å². The fraction of sp³-hybridized carbons (Fsp3) is 0.385. The van der Waals surface area contributed by atoms with E-state index >= 15 is 0 Å². The minimum Gasteiger partial charge on any atom is -0.341 e. The highest BCUT2D eigenvalue weighted by molar-refractivity contribution is 7.09. The molecule has 0 fully saturated rings. The van der Waals surface area contributed by atoms with Gasteiger partial charge in [0.25, 0.3) is 5.91 Å². The molecular formula is C13H13F3N4OS. The molecule has 2 heterocycles. The molecule has 0 aliphatic heterocycles. The molecule has 0 saturated heterocycles. The first-order chi connectivity index (χ1) is 10.3. The summed E-state index contributed by atoms with van der Waals surface area (Å²) in [5.74, 6) is -0.497. The number of thiazole rings is 1. The SMILES string of the molecule is CCC(NC(=O)c1cnc(C)cn1)c1nc(C(F)(F)F)cs1. The fourth-order valence-electron chi connectivity index (χ4n) is 1.66. The lowest BCUT2D eigenvalue weighted by molar-refractivity contribution is -0.140. The molecule has 1 amide bonds. The Morgan fingerprint density at radius 3 is 2.59 bits per heavy atom. The van der Waals surface area contributed by atoms with Crippen molar-refractivity contribution < 1.29 is 18.0 Å². The van der Waals surface area contributed by atoms with Crippen LogP contribution in [0.15, 0.2) is 17.8 Å². The first-order valence-electron chi connectivity index (χ1n) is 6.43. The van der Waals surface area contributed by atoms with Gasteiger partial charge in [0.15, 0.2) is 5.69 Å². The van der Waals surface area contributed by atoms with Crippen LogP contribution in [-0.4, -0.2) is 20.9 Å². The maximum atomic E-state index is 12.6. The number of carbonyl (C=O) groups is 1. The number of hydrogen-bond acceptors (Lipinski definition) is 5. The summed E-state index contributed by atoms with van der Waals surface area (Å²) in [7, 11) is 0. The number of amides is 1. The normalized spacial score (nSPS) is 13.0. The predicted octanol–water partition coefficient (Wildman–Crippen LogP) is 3.14. The first-order valence-corrected chi connectivity index (χ1v) is 7.31. The van der Waals surface area contributed by atoms with Gasteiger partial charge in [-0.05, 0) is 13.3 Å². The van der Waals surface area contributed by atoms with E-state index in [1.165, 1.54) is 12.4 Å². The van der Waals surface area contributed by atoms with Crippen molar-refractivity contribution in [2.75, 3.05) is 0 Å². The number of aryl methyl sites for hydroxylation is 1. The lowest BCUT2D eigenvalue weighted by Crippen LogP contribution is -2.29. The Bertz CT molecular complexity index is 654. The maximum absolute atomic E-state index is 12.6. The summed E-state index contributed by atoms with van der Waals surface area (Å²) in [6.45, 7) is 3.48. The molecule has 1 atom stereocenters. The molecular weight excluding hydrogens is 317 g/mol. The van der Waals surface area contributed by atoms with Crippen LogP contribution in [0.2, 0.25) is 0 Å². The van der Waals surface area contributed by atoms with Crippen molar-refractivity contribution in [2.45, 2.75) is 32.5 Å². The van der Waals surface area contributed by atoms with Gasteiger partial charge in [-0.15, -0.1) is 11.3 Å². The molecule has 0 aliphatic rings. The van der Waals surface area contributed by atoms with Crippen LogP contribution in [0.5, 0.6) is 0 Å². The fourth-order valence-corrected chi connectivity index (χ4v) is 2.62. The van der Waals surface area contributed by atoms with Crippen LogP contribution >= 0.6 is 11.3 Å². The van der Waals surface area contributed by atoms with E-state index in [0.717, 1.165) is 16.7 Å². The Kier molecular flexibility index (Phi) is 4.74. The molecule has 22 heavy (non-hydrogen) atoms. The summed E-state index contributed by atoms with van der Waals surface area (Å²) in [6, 6.07) is -0.600. The minimum atomic E-state index is -4.49. The minimum absolute atomic E-state index is 0.108. The van der Waals surface area contributed by atoms with Gasteiger partial charge < -0.3 is 5.32 Å². The third-order valence-electron chi connectivity index (χ3n) is 2.84. The molecule has 0 aromatic carbocycles. The number of alkyl halides is 3. The van der Waals surface area contributed by atoms with Crippen LogP contribution in [0.25, 0.3) is 0 Å². The number of carbonyl (C=O) groups excluding carboxylic acids is 1. The van der Waals surface area contributed by atoms with Crippen molar-refractivity contribution in [2.24, 2.45) is 0 Å². The summed E-state index contributed by atoms with van der Waals surface area (Å²) in [6.07, 6.45) is -1.31. The Morgan fingerprint density at radius 2 is 2.09 bits per heavy atom. The van der Waals surface area contributed by atoms with E-state index in [0.29, 0.717) is 12.1 Å². The number of nitrogens with zero attached hydrogens (tertiary/aromatic N) is 3. The number of rotatable bonds is 4. The largest absolute Gasteiger partial charge is 0.434 e. The van der Waals surface area contributed by atoms with E-state index in [1.807, 2.05) is 0 Å². The van der Waals surface area contributed by atoms with E-state index in [4.69, 9.17) is 0 Å². The molecule has 0 radical (unpaired) electrons. The van der Waals surface area contributed by atoms with E-state index in [1.54, 1.807) is 13.8 Å². The zero-order chi connectivity index (χ0) is 16.3. The molecule has 1 unspecified atom stereocenters. The van der Waals surface area contributed by atoms with Crippen LogP contribution in [0.3, 0.4) is 0 Å². The van der Waals surface area contributed by atoms with E-state index in [9.17, 15) is 18.0 Å². The Morgan fingerprint density at radius 1 is 1.36 bits per heavy atom. The highest BCUT2D eigenvalue weighted by atomic mass is 32.1. The zero-order valence-corrected chi connectivity index (χ0v) is 12.6. The molecule has 0 saturated carbocycles. The van der Waals surface area contributed by atoms with Gasteiger partial charge in [0.05, 0.1) is 17.9 Å². The summed E-state index contributed by atoms with van der Waals surface area (Å²) < 4.78 is 37.7. The van der Waals surface area contributed by atoms with E-state index in [2.05, 4.69) is 20.3 Å². The van der Waals surface area contributed by atoms with E-state index in [-0.39, 0.29) is 10.7 Å².